The Morgan fingerprint density at radius 2 is 2.19 bits per heavy atom. The number of aliphatic hydroxyl groups is 1. The van der Waals surface area contributed by atoms with Crippen molar-refractivity contribution in [2.75, 3.05) is 0 Å². The minimum absolute atomic E-state index is 0.525. The van der Waals surface area contributed by atoms with Gasteiger partial charge in [0.25, 0.3) is 0 Å². The normalized spacial score (nSPS) is 12.0. The molecule has 6 heteroatoms. The van der Waals surface area contributed by atoms with E-state index in [1.54, 1.807) is 20.0 Å². The van der Waals surface area contributed by atoms with E-state index < -0.39 is 5.60 Å². The lowest BCUT2D eigenvalue weighted by atomic mass is 10.1. The molecule has 0 spiro atoms. The van der Waals surface area contributed by atoms with Crippen LogP contribution in [-0.2, 0) is 13.0 Å². The smallest absolute Gasteiger partial charge is 0.161 e. The molecule has 0 atom stereocenters. The SMILES string of the molecule is CCCCc1nc(-c2nccn2CCC(C)(C)O)c(Cl)[nH]1. The van der Waals surface area contributed by atoms with Crippen molar-refractivity contribution < 1.29 is 5.11 Å². The maximum absolute atomic E-state index is 9.85. The molecule has 0 aromatic carbocycles. The highest BCUT2D eigenvalue weighted by Gasteiger charge is 2.18. The van der Waals surface area contributed by atoms with Gasteiger partial charge in [0.15, 0.2) is 5.82 Å². The number of unbranched alkanes of at least 4 members (excludes halogenated alkanes) is 1. The number of imidazole rings is 2. The number of H-pyrrole nitrogens is 1. The number of aromatic amines is 1. The second kappa shape index (κ2) is 6.62. The summed E-state index contributed by atoms with van der Waals surface area (Å²) in [4.78, 5) is 12.0. The third kappa shape index (κ3) is 4.32. The van der Waals surface area contributed by atoms with Crippen LogP contribution in [0.5, 0.6) is 0 Å². The Morgan fingerprint density at radius 3 is 2.86 bits per heavy atom. The summed E-state index contributed by atoms with van der Waals surface area (Å²) in [7, 11) is 0. The number of halogens is 1. The molecule has 0 aliphatic heterocycles. The lowest BCUT2D eigenvalue weighted by Crippen LogP contribution is -2.21. The molecule has 2 aromatic heterocycles. The van der Waals surface area contributed by atoms with E-state index in [0.717, 1.165) is 30.9 Å². The topological polar surface area (TPSA) is 66.7 Å². The molecule has 0 radical (unpaired) electrons. The standard InChI is InChI=1S/C15H23ClN4O/c1-4-5-6-11-18-12(13(16)19-11)14-17-8-10-20(14)9-7-15(2,3)21/h8,10,21H,4-7,9H2,1-3H3,(H,18,19). The first kappa shape index (κ1) is 16.0. The van der Waals surface area contributed by atoms with Gasteiger partial charge in [-0.1, -0.05) is 24.9 Å². The Labute approximate surface area is 130 Å². The highest BCUT2D eigenvalue weighted by molar-refractivity contribution is 6.31. The van der Waals surface area contributed by atoms with Crippen LogP contribution >= 0.6 is 11.6 Å². The van der Waals surface area contributed by atoms with Crippen molar-refractivity contribution in [3.63, 3.8) is 0 Å². The molecule has 2 aromatic rings. The molecule has 5 nitrogen and oxygen atoms in total. The lowest BCUT2D eigenvalue weighted by molar-refractivity contribution is 0.0663. The van der Waals surface area contributed by atoms with Crippen molar-refractivity contribution in [2.24, 2.45) is 0 Å². The molecule has 2 heterocycles. The van der Waals surface area contributed by atoms with Crippen molar-refractivity contribution in [2.45, 2.75) is 58.6 Å². The largest absolute Gasteiger partial charge is 0.390 e. The quantitative estimate of drug-likeness (QED) is 0.823. The highest BCUT2D eigenvalue weighted by atomic mass is 35.5. The van der Waals surface area contributed by atoms with Crippen molar-refractivity contribution in [3.8, 4) is 11.5 Å². The number of nitrogens with zero attached hydrogens (tertiary/aromatic N) is 3. The number of aryl methyl sites for hydroxylation is 2. The summed E-state index contributed by atoms with van der Waals surface area (Å²) < 4.78 is 1.98. The summed E-state index contributed by atoms with van der Waals surface area (Å²) >= 11 is 6.26. The van der Waals surface area contributed by atoms with E-state index in [0.29, 0.717) is 23.8 Å². The minimum atomic E-state index is -0.705. The van der Waals surface area contributed by atoms with Crippen molar-refractivity contribution in [3.05, 3.63) is 23.4 Å². The number of aromatic nitrogens is 4. The first-order valence-corrected chi connectivity index (χ1v) is 7.77. The second-order valence-corrected chi connectivity index (χ2v) is 6.33. The van der Waals surface area contributed by atoms with Gasteiger partial charge in [-0.25, -0.2) is 9.97 Å². The zero-order chi connectivity index (χ0) is 15.5. The molecular formula is C15H23ClN4O. The molecule has 0 aliphatic rings. The van der Waals surface area contributed by atoms with Crippen LogP contribution in [0.15, 0.2) is 12.4 Å². The van der Waals surface area contributed by atoms with Gasteiger partial charge in [-0.15, -0.1) is 0 Å². The lowest BCUT2D eigenvalue weighted by Gasteiger charge is -2.17. The van der Waals surface area contributed by atoms with Crippen LogP contribution in [0.2, 0.25) is 5.15 Å². The van der Waals surface area contributed by atoms with E-state index in [-0.39, 0.29) is 0 Å². The molecule has 116 valence electrons. The summed E-state index contributed by atoms with van der Waals surface area (Å²) in [6.45, 7) is 6.42. The number of hydrogen-bond acceptors (Lipinski definition) is 3. The van der Waals surface area contributed by atoms with E-state index in [4.69, 9.17) is 11.6 Å². The van der Waals surface area contributed by atoms with Crippen LogP contribution in [-0.4, -0.2) is 30.2 Å². The zero-order valence-corrected chi connectivity index (χ0v) is 13.6. The van der Waals surface area contributed by atoms with E-state index in [1.165, 1.54) is 0 Å². The van der Waals surface area contributed by atoms with E-state index in [9.17, 15) is 5.11 Å². The third-order valence-corrected chi connectivity index (χ3v) is 3.64. The number of rotatable bonds is 7. The van der Waals surface area contributed by atoms with Crippen LogP contribution in [0.3, 0.4) is 0 Å². The molecule has 0 unspecified atom stereocenters. The summed E-state index contributed by atoms with van der Waals surface area (Å²) in [5, 5.41) is 10.4. The Hall–Kier alpha value is -1.33. The molecule has 0 amide bonds. The molecule has 0 aliphatic carbocycles. The van der Waals surface area contributed by atoms with Crippen LogP contribution < -0.4 is 0 Å². The average molecular weight is 311 g/mol. The molecule has 0 saturated heterocycles. The Morgan fingerprint density at radius 1 is 1.43 bits per heavy atom. The van der Waals surface area contributed by atoms with Crippen LogP contribution in [0.1, 0.15) is 45.9 Å². The highest BCUT2D eigenvalue weighted by Crippen LogP contribution is 2.25. The van der Waals surface area contributed by atoms with Crippen LogP contribution in [0.4, 0.5) is 0 Å². The monoisotopic (exact) mass is 310 g/mol. The predicted octanol–water partition coefficient (Wildman–Crippen LogP) is 3.43. The molecule has 21 heavy (non-hydrogen) atoms. The summed E-state index contributed by atoms with van der Waals surface area (Å²) in [5.41, 5.74) is -0.0214. The van der Waals surface area contributed by atoms with Gasteiger partial charge in [0.05, 0.1) is 5.60 Å². The molecule has 2 N–H and O–H groups in total. The first-order valence-electron chi connectivity index (χ1n) is 7.39. The van der Waals surface area contributed by atoms with Gasteiger partial charge < -0.3 is 14.7 Å². The van der Waals surface area contributed by atoms with Crippen molar-refractivity contribution in [1.82, 2.24) is 19.5 Å². The van der Waals surface area contributed by atoms with E-state index in [2.05, 4.69) is 21.9 Å². The van der Waals surface area contributed by atoms with Gasteiger partial charge in [0.2, 0.25) is 0 Å². The number of nitrogens with one attached hydrogen (secondary N) is 1. The third-order valence-electron chi connectivity index (χ3n) is 3.37. The minimum Gasteiger partial charge on any atom is -0.390 e. The Kier molecular flexibility index (Phi) is 5.06. The molecular weight excluding hydrogens is 288 g/mol. The Bertz CT molecular complexity index is 583. The predicted molar refractivity (Wildman–Crippen MR) is 84.3 cm³/mol. The van der Waals surface area contributed by atoms with Crippen molar-refractivity contribution in [1.29, 1.82) is 0 Å². The van der Waals surface area contributed by atoms with Gasteiger partial charge in [0.1, 0.15) is 16.7 Å². The second-order valence-electron chi connectivity index (χ2n) is 5.96. The average Bonchev–Trinajstić information content (AvgIpc) is 2.99. The Balaban J connectivity index is 2.18. The fourth-order valence-corrected chi connectivity index (χ4v) is 2.35. The van der Waals surface area contributed by atoms with Gasteiger partial charge in [0, 0.05) is 25.4 Å². The van der Waals surface area contributed by atoms with E-state index in [1.807, 2.05) is 10.8 Å². The zero-order valence-electron chi connectivity index (χ0n) is 12.9. The first-order chi connectivity index (χ1) is 9.90. The van der Waals surface area contributed by atoms with Gasteiger partial charge in [-0.2, -0.15) is 0 Å². The number of hydrogen-bond donors (Lipinski definition) is 2. The maximum atomic E-state index is 9.85. The van der Waals surface area contributed by atoms with Crippen molar-refractivity contribution >= 4 is 11.6 Å². The van der Waals surface area contributed by atoms with Gasteiger partial charge >= 0.3 is 0 Å². The molecule has 0 fully saturated rings. The summed E-state index contributed by atoms with van der Waals surface area (Å²) in [6, 6.07) is 0. The van der Waals surface area contributed by atoms with E-state index >= 15 is 0 Å². The maximum Gasteiger partial charge on any atom is 0.161 e. The van der Waals surface area contributed by atoms with Gasteiger partial charge in [-0.3, -0.25) is 0 Å². The van der Waals surface area contributed by atoms with Crippen LogP contribution in [0.25, 0.3) is 11.5 Å². The molecule has 0 bridgehead atoms. The molecule has 0 saturated carbocycles. The fourth-order valence-electron chi connectivity index (χ4n) is 2.11. The fraction of sp³-hybridized carbons (Fsp3) is 0.600. The summed E-state index contributed by atoms with van der Waals surface area (Å²) in [5.74, 6) is 1.64. The van der Waals surface area contributed by atoms with Gasteiger partial charge in [-0.05, 0) is 26.7 Å². The summed E-state index contributed by atoms with van der Waals surface area (Å²) in [6.07, 6.45) is 7.35. The molecule has 2 rings (SSSR count). The van der Waals surface area contributed by atoms with Crippen LogP contribution in [0, 0.1) is 0 Å².